The van der Waals surface area contributed by atoms with Crippen LogP contribution < -0.4 is 0 Å². The van der Waals surface area contributed by atoms with Crippen molar-refractivity contribution in [2.45, 2.75) is 32.1 Å². The largest absolute Gasteiger partial charge is 0.337 e. The number of hydrogen-bond acceptors (Lipinski definition) is 4. The number of nitrogens with zero attached hydrogens (tertiary/aromatic N) is 3. The number of benzene rings is 1. The molecule has 1 aliphatic heterocycles. The minimum Gasteiger partial charge on any atom is -0.337 e. The van der Waals surface area contributed by atoms with Crippen molar-refractivity contribution in [3.05, 3.63) is 46.8 Å². The lowest BCUT2D eigenvalue weighted by Crippen LogP contribution is -2.37. The fraction of sp³-hybridized carbons (Fsp3) is 0.444. The van der Waals surface area contributed by atoms with E-state index in [1.54, 1.807) is 18.7 Å². The van der Waals surface area contributed by atoms with Crippen molar-refractivity contribution >= 4 is 15.9 Å². The van der Waals surface area contributed by atoms with Gasteiger partial charge >= 0.3 is 0 Å². The topological polar surface area (TPSA) is 86.4 Å². The molecule has 2 aromatic rings. The van der Waals surface area contributed by atoms with Gasteiger partial charge in [-0.2, -0.15) is 9.40 Å². The van der Waals surface area contributed by atoms with Crippen molar-refractivity contribution in [2.24, 2.45) is 0 Å². The van der Waals surface area contributed by atoms with E-state index in [4.69, 9.17) is 0 Å². The Labute approximate surface area is 154 Å². The van der Waals surface area contributed by atoms with Crippen molar-refractivity contribution in [3.8, 4) is 0 Å². The van der Waals surface area contributed by atoms with Crippen molar-refractivity contribution < 1.29 is 13.2 Å². The minimum absolute atomic E-state index is 0.0435. The summed E-state index contributed by atoms with van der Waals surface area (Å²) in [5.74, 6) is -0.0435. The average Bonchev–Trinajstić information content (AvgIpc) is 2.81. The first-order valence-electron chi connectivity index (χ1n) is 8.69. The fourth-order valence-electron chi connectivity index (χ4n) is 3.37. The summed E-state index contributed by atoms with van der Waals surface area (Å²) in [7, 11) is -3.62. The quantitative estimate of drug-likeness (QED) is 0.886. The van der Waals surface area contributed by atoms with Crippen LogP contribution in [-0.2, 0) is 10.0 Å². The number of hydrogen-bond donors (Lipinski definition) is 1. The van der Waals surface area contributed by atoms with Gasteiger partial charge in [-0.25, -0.2) is 8.42 Å². The van der Waals surface area contributed by atoms with Crippen molar-refractivity contribution in [1.29, 1.82) is 0 Å². The van der Waals surface area contributed by atoms with Crippen LogP contribution in [0.15, 0.2) is 29.2 Å². The molecule has 1 amide bonds. The molecule has 7 nitrogen and oxygen atoms in total. The highest BCUT2D eigenvalue weighted by atomic mass is 32.2. The first-order chi connectivity index (χ1) is 12.3. The van der Waals surface area contributed by atoms with Crippen LogP contribution in [0.2, 0.25) is 0 Å². The molecule has 2 heterocycles. The smallest absolute Gasteiger partial charge is 0.254 e. The van der Waals surface area contributed by atoms with Gasteiger partial charge in [0.15, 0.2) is 0 Å². The molecule has 1 aromatic heterocycles. The maximum Gasteiger partial charge on any atom is 0.254 e. The van der Waals surface area contributed by atoms with Gasteiger partial charge in [0.1, 0.15) is 4.90 Å². The van der Waals surface area contributed by atoms with Crippen molar-refractivity contribution in [2.75, 3.05) is 26.2 Å². The second-order valence-electron chi connectivity index (χ2n) is 6.63. The lowest BCUT2D eigenvalue weighted by Gasteiger charge is -2.22. The number of rotatable bonds is 3. The molecule has 1 aromatic carbocycles. The van der Waals surface area contributed by atoms with E-state index in [0.29, 0.717) is 43.0 Å². The summed E-state index contributed by atoms with van der Waals surface area (Å²) >= 11 is 0. The zero-order chi connectivity index (χ0) is 18.9. The predicted octanol–water partition coefficient (Wildman–Crippen LogP) is 1.87. The summed E-state index contributed by atoms with van der Waals surface area (Å²) in [6.07, 6.45) is 0.604. The van der Waals surface area contributed by atoms with Crippen molar-refractivity contribution in [3.63, 3.8) is 0 Å². The second kappa shape index (κ2) is 7.20. The summed E-state index contributed by atoms with van der Waals surface area (Å²) in [6, 6.07) is 7.47. The van der Waals surface area contributed by atoms with Gasteiger partial charge in [-0.15, -0.1) is 0 Å². The molecular weight excluding hydrogens is 352 g/mol. The average molecular weight is 376 g/mol. The molecule has 0 saturated carbocycles. The van der Waals surface area contributed by atoms with Crippen LogP contribution in [0.25, 0.3) is 0 Å². The maximum atomic E-state index is 13.0. The van der Waals surface area contributed by atoms with Crippen LogP contribution in [-0.4, -0.2) is 59.9 Å². The summed E-state index contributed by atoms with van der Waals surface area (Å²) in [5, 5.41) is 6.73. The molecule has 26 heavy (non-hydrogen) atoms. The van der Waals surface area contributed by atoms with Crippen LogP contribution in [0.1, 0.15) is 33.7 Å². The minimum atomic E-state index is -3.62. The summed E-state index contributed by atoms with van der Waals surface area (Å²) in [4.78, 5) is 14.8. The highest BCUT2D eigenvalue weighted by Crippen LogP contribution is 2.23. The highest BCUT2D eigenvalue weighted by Gasteiger charge is 2.32. The van der Waals surface area contributed by atoms with Crippen LogP contribution in [0.5, 0.6) is 0 Å². The molecule has 0 spiro atoms. The molecular formula is C18H24N4O3S. The van der Waals surface area contributed by atoms with Gasteiger partial charge in [0.2, 0.25) is 10.0 Å². The zero-order valence-electron chi connectivity index (χ0n) is 15.3. The number of aryl methyl sites for hydroxylation is 3. The van der Waals surface area contributed by atoms with Crippen LogP contribution in [0, 0.1) is 20.8 Å². The fourth-order valence-corrected chi connectivity index (χ4v) is 5.17. The van der Waals surface area contributed by atoms with Gasteiger partial charge in [0.25, 0.3) is 5.91 Å². The van der Waals surface area contributed by atoms with Crippen LogP contribution >= 0.6 is 0 Å². The maximum absolute atomic E-state index is 13.0. The van der Waals surface area contributed by atoms with E-state index in [2.05, 4.69) is 10.2 Å². The number of sulfonamides is 1. The molecule has 0 radical (unpaired) electrons. The molecule has 1 N–H and O–H groups in total. The number of nitrogens with one attached hydrogen (secondary N) is 1. The zero-order valence-corrected chi connectivity index (χ0v) is 16.1. The number of carbonyl (C=O) groups excluding carboxylic acids is 1. The number of amides is 1. The van der Waals surface area contributed by atoms with Crippen LogP contribution in [0.4, 0.5) is 0 Å². The van der Waals surface area contributed by atoms with E-state index < -0.39 is 10.0 Å². The SMILES string of the molecule is Cc1ccccc1C(=O)N1CCCN(S(=O)(=O)c2c(C)n[nH]c2C)CC1. The third-order valence-corrected chi connectivity index (χ3v) is 6.94. The first kappa shape index (κ1) is 18.6. The highest BCUT2D eigenvalue weighted by molar-refractivity contribution is 7.89. The molecule has 0 bridgehead atoms. The summed E-state index contributed by atoms with van der Waals surface area (Å²) in [5.41, 5.74) is 2.61. The Balaban J connectivity index is 1.79. The molecule has 0 atom stereocenters. The lowest BCUT2D eigenvalue weighted by atomic mass is 10.1. The van der Waals surface area contributed by atoms with Gasteiger partial charge in [0.05, 0.1) is 11.4 Å². The molecule has 0 aliphatic carbocycles. The molecule has 3 rings (SSSR count). The van der Waals surface area contributed by atoms with Gasteiger partial charge in [0, 0.05) is 31.7 Å². The van der Waals surface area contributed by atoms with E-state index in [1.807, 2.05) is 31.2 Å². The second-order valence-corrected chi connectivity index (χ2v) is 8.50. The third kappa shape index (κ3) is 3.39. The van der Waals surface area contributed by atoms with Gasteiger partial charge in [-0.05, 0) is 38.8 Å². The molecule has 1 saturated heterocycles. The number of carbonyl (C=O) groups is 1. The monoisotopic (exact) mass is 376 g/mol. The Hall–Kier alpha value is -2.19. The van der Waals surface area contributed by atoms with E-state index in [0.717, 1.165) is 5.56 Å². The molecule has 1 fully saturated rings. The summed E-state index contributed by atoms with van der Waals surface area (Å²) in [6.45, 7) is 6.89. The van der Waals surface area contributed by atoms with E-state index in [9.17, 15) is 13.2 Å². The number of aromatic nitrogens is 2. The Morgan fingerprint density at radius 2 is 1.81 bits per heavy atom. The number of H-pyrrole nitrogens is 1. The Morgan fingerprint density at radius 3 is 2.46 bits per heavy atom. The molecule has 1 aliphatic rings. The Morgan fingerprint density at radius 1 is 1.08 bits per heavy atom. The van der Waals surface area contributed by atoms with E-state index in [-0.39, 0.29) is 17.3 Å². The van der Waals surface area contributed by atoms with E-state index in [1.165, 1.54) is 4.31 Å². The van der Waals surface area contributed by atoms with Gasteiger partial charge in [-0.3, -0.25) is 9.89 Å². The standard InChI is InChI=1S/C18H24N4O3S/c1-13-7-4-5-8-16(13)18(23)21-9-6-10-22(12-11-21)26(24,25)17-14(2)19-20-15(17)3/h4-5,7-8H,6,9-12H2,1-3H3,(H,19,20). The first-order valence-corrected chi connectivity index (χ1v) is 10.1. The molecule has 140 valence electrons. The Bertz CT molecular complexity index is 901. The summed E-state index contributed by atoms with van der Waals surface area (Å²) < 4.78 is 27.5. The van der Waals surface area contributed by atoms with Gasteiger partial charge in [-0.1, -0.05) is 18.2 Å². The molecule has 0 unspecified atom stereocenters. The third-order valence-electron chi connectivity index (χ3n) is 4.78. The van der Waals surface area contributed by atoms with Gasteiger partial charge < -0.3 is 4.90 Å². The lowest BCUT2D eigenvalue weighted by molar-refractivity contribution is 0.0763. The predicted molar refractivity (Wildman–Crippen MR) is 98.5 cm³/mol. The number of aromatic amines is 1. The van der Waals surface area contributed by atoms with Crippen LogP contribution in [0.3, 0.4) is 0 Å². The molecule has 8 heteroatoms. The van der Waals surface area contributed by atoms with Crippen molar-refractivity contribution in [1.82, 2.24) is 19.4 Å². The van der Waals surface area contributed by atoms with E-state index >= 15 is 0 Å². The normalized spacial score (nSPS) is 16.5. The Kier molecular flexibility index (Phi) is 5.15.